The van der Waals surface area contributed by atoms with E-state index in [0.29, 0.717) is 23.6 Å². The molecule has 1 aliphatic rings. The molecular weight excluding hydrogens is 278 g/mol. The molecule has 20 heavy (non-hydrogen) atoms. The van der Waals surface area contributed by atoms with E-state index in [2.05, 4.69) is 5.32 Å². The van der Waals surface area contributed by atoms with E-state index in [9.17, 15) is 9.59 Å². The number of hydrogen-bond donors (Lipinski definition) is 1. The molecule has 1 aliphatic heterocycles. The summed E-state index contributed by atoms with van der Waals surface area (Å²) in [4.78, 5) is 24.2. The van der Waals surface area contributed by atoms with Gasteiger partial charge < -0.3 is 10.1 Å². The van der Waals surface area contributed by atoms with Gasteiger partial charge in [0.1, 0.15) is 11.5 Å². The number of halogens is 1. The minimum absolute atomic E-state index is 0.333. The highest BCUT2D eigenvalue weighted by atomic mass is 35.5. The van der Waals surface area contributed by atoms with Gasteiger partial charge in [0.05, 0.1) is 0 Å². The lowest BCUT2D eigenvalue weighted by molar-refractivity contribution is -0.161. The predicted molar refractivity (Wildman–Crippen MR) is 77.7 cm³/mol. The molecule has 108 valence electrons. The Morgan fingerprint density at radius 3 is 2.75 bits per heavy atom. The van der Waals surface area contributed by atoms with Crippen molar-refractivity contribution < 1.29 is 14.3 Å². The third-order valence-electron chi connectivity index (χ3n) is 3.04. The lowest BCUT2D eigenvalue weighted by Crippen LogP contribution is -2.35. The van der Waals surface area contributed by atoms with Crippen LogP contribution in [0.2, 0.25) is 5.02 Å². The summed E-state index contributed by atoms with van der Waals surface area (Å²) in [5, 5.41) is 3.31. The minimum atomic E-state index is -0.777. The summed E-state index contributed by atoms with van der Waals surface area (Å²) in [5.41, 5.74) is 1.06. The summed E-state index contributed by atoms with van der Waals surface area (Å²) in [6.45, 7) is 5.36. The smallest absolute Gasteiger partial charge is 0.319 e. The van der Waals surface area contributed by atoms with Gasteiger partial charge in [-0.05, 0) is 51.3 Å². The molecule has 0 spiro atoms. The number of fused-ring (bicyclic) bond motifs is 1. The first-order valence-corrected chi connectivity index (χ1v) is 6.96. The number of hydrogen-bond acceptors (Lipinski definition) is 3. The van der Waals surface area contributed by atoms with Crippen molar-refractivity contribution in [3.8, 4) is 0 Å². The zero-order valence-electron chi connectivity index (χ0n) is 11.8. The highest BCUT2D eigenvalue weighted by Crippen LogP contribution is 2.28. The number of benzene rings is 1. The summed E-state index contributed by atoms with van der Waals surface area (Å²) >= 11 is 5.92. The molecule has 1 aromatic rings. The quantitative estimate of drug-likeness (QED) is 0.639. The van der Waals surface area contributed by atoms with Gasteiger partial charge in [0.15, 0.2) is 0 Å². The topological polar surface area (TPSA) is 55.4 Å². The Kier molecular flexibility index (Phi) is 4.04. The van der Waals surface area contributed by atoms with Crippen molar-refractivity contribution in [3.63, 3.8) is 0 Å². The first kappa shape index (κ1) is 14.9. The van der Waals surface area contributed by atoms with Crippen LogP contribution in [0.4, 0.5) is 5.69 Å². The Labute approximate surface area is 123 Å². The number of aryl methyl sites for hydroxylation is 1. The van der Waals surface area contributed by atoms with Gasteiger partial charge >= 0.3 is 5.97 Å². The number of amides is 1. The number of anilines is 1. The van der Waals surface area contributed by atoms with E-state index < -0.39 is 17.5 Å². The van der Waals surface area contributed by atoms with Crippen LogP contribution in [0.15, 0.2) is 18.2 Å². The van der Waals surface area contributed by atoms with Gasteiger partial charge in [0.2, 0.25) is 5.91 Å². The second-order valence-corrected chi connectivity index (χ2v) is 6.35. The van der Waals surface area contributed by atoms with Gasteiger partial charge in [0, 0.05) is 10.7 Å². The van der Waals surface area contributed by atoms with E-state index in [-0.39, 0.29) is 5.91 Å². The summed E-state index contributed by atoms with van der Waals surface area (Å²) in [5.74, 6) is -1.59. The minimum Gasteiger partial charge on any atom is -0.459 e. The van der Waals surface area contributed by atoms with Crippen LogP contribution in [0.1, 0.15) is 32.8 Å². The maximum atomic E-state index is 12.2. The molecule has 0 radical (unpaired) electrons. The molecule has 0 fully saturated rings. The van der Waals surface area contributed by atoms with Gasteiger partial charge in [-0.1, -0.05) is 17.7 Å². The van der Waals surface area contributed by atoms with Gasteiger partial charge in [-0.2, -0.15) is 0 Å². The highest BCUT2D eigenvalue weighted by Gasteiger charge is 2.33. The first-order valence-electron chi connectivity index (χ1n) is 6.58. The van der Waals surface area contributed by atoms with Crippen LogP contribution in [0.5, 0.6) is 0 Å². The van der Waals surface area contributed by atoms with E-state index in [1.54, 1.807) is 32.9 Å². The monoisotopic (exact) mass is 295 g/mol. The molecule has 0 bridgehead atoms. The number of nitrogens with one attached hydrogen (secondary N) is 1. The molecule has 0 aromatic heterocycles. The summed E-state index contributed by atoms with van der Waals surface area (Å²) in [6.07, 6.45) is 1.07. The molecule has 1 N–H and O–H groups in total. The fourth-order valence-electron chi connectivity index (χ4n) is 2.13. The Morgan fingerprint density at radius 2 is 2.10 bits per heavy atom. The number of ether oxygens (including phenoxy) is 1. The van der Waals surface area contributed by atoms with E-state index in [0.717, 1.165) is 5.56 Å². The van der Waals surface area contributed by atoms with Crippen LogP contribution in [0.25, 0.3) is 0 Å². The van der Waals surface area contributed by atoms with E-state index >= 15 is 0 Å². The van der Waals surface area contributed by atoms with E-state index in [4.69, 9.17) is 16.3 Å². The first-order chi connectivity index (χ1) is 9.26. The van der Waals surface area contributed by atoms with Crippen molar-refractivity contribution in [1.82, 2.24) is 0 Å². The molecule has 1 heterocycles. The molecule has 5 heteroatoms. The lowest BCUT2D eigenvalue weighted by atomic mass is 10.0. The largest absolute Gasteiger partial charge is 0.459 e. The van der Waals surface area contributed by atoms with Gasteiger partial charge in [0.25, 0.3) is 0 Å². The fraction of sp³-hybridized carbons (Fsp3) is 0.467. The van der Waals surface area contributed by atoms with Crippen LogP contribution >= 0.6 is 11.6 Å². The van der Waals surface area contributed by atoms with Crippen molar-refractivity contribution >= 4 is 29.2 Å². The van der Waals surface area contributed by atoms with Crippen LogP contribution in [-0.2, 0) is 20.7 Å². The third kappa shape index (κ3) is 3.51. The SMILES string of the molecule is CC(C)(C)OC(=O)C1CCc2ccc(Cl)cc2NC1=O. The standard InChI is InChI=1S/C15H18ClNO3/c1-15(2,3)20-14(19)11-7-5-9-4-6-10(16)8-12(9)17-13(11)18/h4,6,8,11H,5,7H2,1-3H3,(H,17,18). The van der Waals surface area contributed by atoms with Crippen LogP contribution in [0.3, 0.4) is 0 Å². The molecule has 4 nitrogen and oxygen atoms in total. The summed E-state index contributed by atoms with van der Waals surface area (Å²) < 4.78 is 5.30. The predicted octanol–water partition coefficient (Wildman–Crippen LogP) is 3.18. The van der Waals surface area contributed by atoms with Gasteiger partial charge in [-0.15, -0.1) is 0 Å². The van der Waals surface area contributed by atoms with Crippen LogP contribution in [0, 0.1) is 5.92 Å². The number of carbonyl (C=O) groups excluding carboxylic acids is 2. The third-order valence-corrected chi connectivity index (χ3v) is 3.28. The normalized spacial score (nSPS) is 18.8. The van der Waals surface area contributed by atoms with Crippen molar-refractivity contribution in [2.75, 3.05) is 5.32 Å². The molecule has 1 unspecified atom stereocenters. The zero-order chi connectivity index (χ0) is 14.9. The van der Waals surface area contributed by atoms with E-state index in [1.807, 2.05) is 6.07 Å². The average Bonchev–Trinajstić information content (AvgIpc) is 2.44. The molecular formula is C15H18ClNO3. The Morgan fingerprint density at radius 1 is 1.40 bits per heavy atom. The van der Waals surface area contributed by atoms with E-state index in [1.165, 1.54) is 0 Å². The molecule has 2 rings (SSSR count). The molecule has 1 aromatic carbocycles. The fourth-order valence-corrected chi connectivity index (χ4v) is 2.30. The van der Waals surface area contributed by atoms with Crippen LogP contribution in [-0.4, -0.2) is 17.5 Å². The second kappa shape index (κ2) is 5.44. The van der Waals surface area contributed by atoms with Gasteiger partial charge in [-0.3, -0.25) is 9.59 Å². The average molecular weight is 296 g/mol. The number of esters is 1. The van der Waals surface area contributed by atoms with Crippen molar-refractivity contribution in [2.24, 2.45) is 5.92 Å². The number of rotatable bonds is 1. The Balaban J connectivity index is 2.18. The second-order valence-electron chi connectivity index (χ2n) is 5.92. The molecule has 0 aliphatic carbocycles. The van der Waals surface area contributed by atoms with Crippen molar-refractivity contribution in [2.45, 2.75) is 39.2 Å². The van der Waals surface area contributed by atoms with Crippen LogP contribution < -0.4 is 5.32 Å². The zero-order valence-corrected chi connectivity index (χ0v) is 12.6. The molecule has 0 saturated heterocycles. The Bertz CT molecular complexity index is 549. The van der Waals surface area contributed by atoms with Crippen molar-refractivity contribution in [1.29, 1.82) is 0 Å². The van der Waals surface area contributed by atoms with Crippen molar-refractivity contribution in [3.05, 3.63) is 28.8 Å². The summed E-state index contributed by atoms with van der Waals surface area (Å²) in [7, 11) is 0. The number of carbonyl (C=O) groups is 2. The molecule has 0 saturated carbocycles. The molecule has 1 atom stereocenters. The maximum absolute atomic E-state index is 12.2. The maximum Gasteiger partial charge on any atom is 0.319 e. The highest BCUT2D eigenvalue weighted by molar-refractivity contribution is 6.31. The summed E-state index contributed by atoms with van der Waals surface area (Å²) in [6, 6.07) is 5.35. The Hall–Kier alpha value is -1.55. The van der Waals surface area contributed by atoms with Gasteiger partial charge in [-0.25, -0.2) is 0 Å². The molecule has 1 amide bonds. The lowest BCUT2D eigenvalue weighted by Gasteiger charge is -2.22.